The average molecular weight is 270 g/mol. The number of anilines is 1. The fourth-order valence-electron chi connectivity index (χ4n) is 1.80. The number of hydrogen-bond donors (Lipinski definition) is 1. The zero-order chi connectivity index (χ0) is 10.5. The monoisotopic (exact) mass is 269 g/mol. The number of hydrogen-bond acceptors (Lipinski definition) is 2. The molecule has 1 fully saturated rings. The van der Waals surface area contributed by atoms with Crippen LogP contribution in [0.5, 0.6) is 0 Å². The minimum Gasteiger partial charge on any atom is -0.382 e. The molecule has 15 heavy (non-hydrogen) atoms. The van der Waals surface area contributed by atoms with Crippen LogP contribution >= 0.6 is 15.9 Å². The van der Waals surface area contributed by atoms with Crippen molar-refractivity contribution < 1.29 is 4.74 Å². The maximum Gasteiger partial charge on any atom is 0.0747 e. The number of rotatable bonds is 3. The van der Waals surface area contributed by atoms with Crippen LogP contribution in [0.3, 0.4) is 0 Å². The summed E-state index contributed by atoms with van der Waals surface area (Å²) in [5, 5.41) is 3.41. The van der Waals surface area contributed by atoms with Gasteiger partial charge in [0.15, 0.2) is 0 Å². The normalized spacial score (nSPS) is 21.3. The molecule has 1 unspecified atom stereocenters. The minimum absolute atomic E-state index is 0.380. The van der Waals surface area contributed by atoms with E-state index in [0.29, 0.717) is 6.10 Å². The second kappa shape index (κ2) is 5.52. The molecule has 0 saturated carbocycles. The summed E-state index contributed by atoms with van der Waals surface area (Å²) in [5.74, 6) is 0. The molecule has 1 aliphatic rings. The molecule has 2 rings (SSSR count). The molecule has 1 aromatic rings. The van der Waals surface area contributed by atoms with Gasteiger partial charge in [-0.3, -0.25) is 0 Å². The maximum absolute atomic E-state index is 5.66. The standard InChI is InChI=1S/C12H16BrNO/c13-11-6-1-2-7-12(11)14-9-10-5-3-4-8-15-10/h1-2,6-7,10,14H,3-5,8-9H2. The van der Waals surface area contributed by atoms with Crippen LogP contribution in [0, 0.1) is 0 Å². The van der Waals surface area contributed by atoms with E-state index >= 15 is 0 Å². The van der Waals surface area contributed by atoms with Crippen LogP contribution in [0.4, 0.5) is 5.69 Å². The number of para-hydroxylation sites is 1. The largest absolute Gasteiger partial charge is 0.382 e. The minimum atomic E-state index is 0.380. The van der Waals surface area contributed by atoms with Crippen molar-refractivity contribution in [2.24, 2.45) is 0 Å². The summed E-state index contributed by atoms with van der Waals surface area (Å²) in [5.41, 5.74) is 1.15. The zero-order valence-corrected chi connectivity index (χ0v) is 10.3. The van der Waals surface area contributed by atoms with Gasteiger partial charge in [-0.05, 0) is 47.3 Å². The van der Waals surface area contributed by atoms with Gasteiger partial charge in [-0.2, -0.15) is 0 Å². The Kier molecular flexibility index (Phi) is 4.03. The number of nitrogens with one attached hydrogen (secondary N) is 1. The quantitative estimate of drug-likeness (QED) is 0.908. The predicted octanol–water partition coefficient (Wildman–Crippen LogP) is 3.43. The highest BCUT2D eigenvalue weighted by Crippen LogP contribution is 2.22. The van der Waals surface area contributed by atoms with Crippen molar-refractivity contribution >= 4 is 21.6 Å². The Morgan fingerprint density at radius 3 is 2.93 bits per heavy atom. The van der Waals surface area contributed by atoms with Gasteiger partial charge in [0.1, 0.15) is 0 Å². The molecule has 0 radical (unpaired) electrons. The second-order valence-electron chi connectivity index (χ2n) is 3.85. The Morgan fingerprint density at radius 2 is 2.20 bits per heavy atom. The second-order valence-corrected chi connectivity index (χ2v) is 4.70. The van der Waals surface area contributed by atoms with E-state index in [2.05, 4.69) is 27.3 Å². The van der Waals surface area contributed by atoms with E-state index in [9.17, 15) is 0 Å². The molecule has 0 spiro atoms. The lowest BCUT2D eigenvalue weighted by Crippen LogP contribution is -2.27. The Morgan fingerprint density at radius 1 is 1.33 bits per heavy atom. The van der Waals surface area contributed by atoms with Crippen molar-refractivity contribution in [2.45, 2.75) is 25.4 Å². The van der Waals surface area contributed by atoms with Crippen molar-refractivity contribution in [3.05, 3.63) is 28.7 Å². The lowest BCUT2D eigenvalue weighted by atomic mass is 10.1. The summed E-state index contributed by atoms with van der Waals surface area (Å²) in [6.07, 6.45) is 4.07. The highest BCUT2D eigenvalue weighted by atomic mass is 79.9. The first-order chi connectivity index (χ1) is 7.36. The Balaban J connectivity index is 1.84. The van der Waals surface area contributed by atoms with E-state index in [4.69, 9.17) is 4.74 Å². The lowest BCUT2D eigenvalue weighted by Gasteiger charge is -2.23. The Hall–Kier alpha value is -0.540. The summed E-state index contributed by atoms with van der Waals surface area (Å²) in [6, 6.07) is 8.18. The van der Waals surface area contributed by atoms with Gasteiger partial charge in [0.05, 0.1) is 6.10 Å². The molecular weight excluding hydrogens is 254 g/mol. The molecule has 0 aliphatic carbocycles. The highest BCUT2D eigenvalue weighted by molar-refractivity contribution is 9.10. The third-order valence-corrected chi connectivity index (χ3v) is 3.36. The first kappa shape index (κ1) is 11.0. The van der Waals surface area contributed by atoms with Crippen molar-refractivity contribution in [1.82, 2.24) is 0 Å². The maximum atomic E-state index is 5.66. The van der Waals surface area contributed by atoms with Crippen molar-refractivity contribution in [3.8, 4) is 0 Å². The molecule has 3 heteroatoms. The van der Waals surface area contributed by atoms with Crippen LogP contribution in [-0.4, -0.2) is 19.3 Å². The molecule has 1 atom stereocenters. The van der Waals surface area contributed by atoms with E-state index in [0.717, 1.165) is 23.3 Å². The van der Waals surface area contributed by atoms with Crippen molar-refractivity contribution in [3.63, 3.8) is 0 Å². The summed E-state index contributed by atoms with van der Waals surface area (Å²) in [7, 11) is 0. The van der Waals surface area contributed by atoms with E-state index in [1.165, 1.54) is 19.3 Å². The number of ether oxygens (including phenoxy) is 1. The van der Waals surface area contributed by atoms with Crippen LogP contribution < -0.4 is 5.32 Å². The highest BCUT2D eigenvalue weighted by Gasteiger charge is 2.13. The molecular formula is C12H16BrNO. The Labute approximate surface area is 99.1 Å². The average Bonchev–Trinajstić information content (AvgIpc) is 2.29. The van der Waals surface area contributed by atoms with Gasteiger partial charge in [-0.1, -0.05) is 12.1 Å². The lowest BCUT2D eigenvalue weighted by molar-refractivity contribution is 0.0247. The summed E-state index contributed by atoms with van der Waals surface area (Å²) in [6.45, 7) is 1.82. The smallest absolute Gasteiger partial charge is 0.0747 e. The van der Waals surface area contributed by atoms with Gasteiger partial charge in [-0.25, -0.2) is 0 Å². The molecule has 0 bridgehead atoms. The molecule has 0 amide bonds. The predicted molar refractivity (Wildman–Crippen MR) is 66.2 cm³/mol. The van der Waals surface area contributed by atoms with Crippen LogP contribution in [0.1, 0.15) is 19.3 Å². The first-order valence-electron chi connectivity index (χ1n) is 5.46. The SMILES string of the molecule is Brc1ccccc1NCC1CCCCO1. The van der Waals surface area contributed by atoms with Gasteiger partial charge < -0.3 is 10.1 Å². The van der Waals surface area contributed by atoms with Crippen molar-refractivity contribution in [2.75, 3.05) is 18.5 Å². The third-order valence-electron chi connectivity index (χ3n) is 2.67. The fraction of sp³-hybridized carbons (Fsp3) is 0.500. The number of halogens is 1. The van der Waals surface area contributed by atoms with Gasteiger partial charge >= 0.3 is 0 Å². The summed E-state index contributed by atoms with van der Waals surface area (Å²) in [4.78, 5) is 0. The summed E-state index contributed by atoms with van der Waals surface area (Å²) < 4.78 is 6.77. The molecule has 82 valence electrons. The molecule has 1 aromatic carbocycles. The number of benzene rings is 1. The van der Waals surface area contributed by atoms with Gasteiger partial charge in [0.25, 0.3) is 0 Å². The third kappa shape index (κ3) is 3.21. The zero-order valence-electron chi connectivity index (χ0n) is 8.71. The van der Waals surface area contributed by atoms with Crippen LogP contribution in [0.15, 0.2) is 28.7 Å². The molecule has 2 nitrogen and oxygen atoms in total. The Bertz CT molecular complexity index is 310. The molecule has 1 heterocycles. The van der Waals surface area contributed by atoms with Crippen molar-refractivity contribution in [1.29, 1.82) is 0 Å². The van der Waals surface area contributed by atoms with Gasteiger partial charge in [0, 0.05) is 23.3 Å². The van der Waals surface area contributed by atoms with E-state index in [1.54, 1.807) is 0 Å². The van der Waals surface area contributed by atoms with Crippen LogP contribution in [-0.2, 0) is 4.74 Å². The van der Waals surface area contributed by atoms with Gasteiger partial charge in [0.2, 0.25) is 0 Å². The first-order valence-corrected chi connectivity index (χ1v) is 6.25. The summed E-state index contributed by atoms with van der Waals surface area (Å²) >= 11 is 3.52. The molecule has 1 N–H and O–H groups in total. The van der Waals surface area contributed by atoms with Crippen LogP contribution in [0.25, 0.3) is 0 Å². The molecule has 1 aliphatic heterocycles. The molecule has 0 aromatic heterocycles. The van der Waals surface area contributed by atoms with Crippen LogP contribution in [0.2, 0.25) is 0 Å². The van der Waals surface area contributed by atoms with E-state index in [-0.39, 0.29) is 0 Å². The van der Waals surface area contributed by atoms with Gasteiger partial charge in [-0.15, -0.1) is 0 Å². The van der Waals surface area contributed by atoms with E-state index < -0.39 is 0 Å². The molecule has 1 saturated heterocycles. The topological polar surface area (TPSA) is 21.3 Å². The fourth-order valence-corrected chi connectivity index (χ4v) is 2.22. The van der Waals surface area contributed by atoms with E-state index in [1.807, 2.05) is 18.2 Å².